The minimum absolute atomic E-state index is 0.219. The van der Waals surface area contributed by atoms with Crippen LogP contribution in [-0.2, 0) is 13.1 Å². The maximum atomic E-state index is 13.8. The van der Waals surface area contributed by atoms with Crippen LogP contribution >= 0.6 is 22.9 Å². The van der Waals surface area contributed by atoms with Gasteiger partial charge in [-0.2, -0.15) is 10.2 Å². The van der Waals surface area contributed by atoms with Crippen molar-refractivity contribution >= 4 is 34.5 Å². The van der Waals surface area contributed by atoms with Gasteiger partial charge in [-0.05, 0) is 36.9 Å². The summed E-state index contributed by atoms with van der Waals surface area (Å²) in [6.45, 7) is 4.62. The second-order valence-electron chi connectivity index (χ2n) is 6.93. The second kappa shape index (κ2) is 8.41. The van der Waals surface area contributed by atoms with E-state index in [2.05, 4.69) is 15.5 Å². The molecule has 0 spiro atoms. The number of benzene rings is 1. The predicted molar refractivity (Wildman–Crippen MR) is 116 cm³/mol. The number of thiophene rings is 1. The number of carbonyl (C=O) groups excluding carboxylic acids is 1. The van der Waals surface area contributed by atoms with Crippen molar-refractivity contribution in [3.8, 4) is 0 Å². The van der Waals surface area contributed by atoms with Crippen LogP contribution in [0.15, 0.2) is 48.1 Å². The molecule has 9 heteroatoms. The average molecular weight is 444 g/mol. The molecule has 0 saturated carbocycles. The van der Waals surface area contributed by atoms with Gasteiger partial charge in [-0.25, -0.2) is 4.39 Å². The number of aromatic nitrogens is 4. The highest BCUT2D eigenvalue weighted by Gasteiger charge is 2.14. The number of halogens is 2. The minimum Gasteiger partial charge on any atom is -0.319 e. The summed E-state index contributed by atoms with van der Waals surface area (Å²) in [5.41, 5.74) is 3.74. The van der Waals surface area contributed by atoms with Gasteiger partial charge in [0, 0.05) is 11.8 Å². The Morgan fingerprint density at radius 2 is 2.07 bits per heavy atom. The van der Waals surface area contributed by atoms with Gasteiger partial charge in [0.15, 0.2) is 0 Å². The number of rotatable bonds is 6. The topological polar surface area (TPSA) is 64.7 Å². The van der Waals surface area contributed by atoms with Crippen molar-refractivity contribution in [1.82, 2.24) is 19.6 Å². The van der Waals surface area contributed by atoms with Gasteiger partial charge in [-0.1, -0.05) is 29.8 Å². The van der Waals surface area contributed by atoms with Crippen molar-refractivity contribution in [2.45, 2.75) is 26.9 Å². The summed E-state index contributed by atoms with van der Waals surface area (Å²) in [6.07, 6.45) is 3.22. The zero-order valence-corrected chi connectivity index (χ0v) is 18.0. The number of carbonyl (C=O) groups is 1. The lowest BCUT2D eigenvalue weighted by Crippen LogP contribution is -2.10. The number of aryl methyl sites for hydroxylation is 1. The van der Waals surface area contributed by atoms with Crippen LogP contribution in [0, 0.1) is 19.7 Å². The van der Waals surface area contributed by atoms with Crippen LogP contribution in [0.5, 0.6) is 0 Å². The van der Waals surface area contributed by atoms with Crippen LogP contribution in [0.3, 0.4) is 0 Å². The van der Waals surface area contributed by atoms with Crippen LogP contribution in [0.1, 0.15) is 32.2 Å². The van der Waals surface area contributed by atoms with E-state index >= 15 is 0 Å². The minimum atomic E-state index is -0.284. The molecule has 1 aromatic carbocycles. The molecule has 4 aromatic rings. The number of hydrogen-bond donors (Lipinski definition) is 1. The lowest BCUT2D eigenvalue weighted by molar-refractivity contribution is 0.103. The standard InChI is InChI=1S/C21H19ClFN5OS/c1-13-20(22)14(2)28(26-13)9-15-7-19(30-12-15)21(29)25-17-8-24-27(11-17)10-16-5-3-4-6-18(16)23/h3-8,11-12H,9-10H2,1-2H3,(H,25,29). The van der Waals surface area contributed by atoms with Gasteiger partial charge in [0.05, 0.1) is 46.3 Å². The van der Waals surface area contributed by atoms with Crippen LogP contribution in [0.4, 0.5) is 10.1 Å². The average Bonchev–Trinajstić information content (AvgIpc) is 3.42. The van der Waals surface area contributed by atoms with E-state index in [0.717, 1.165) is 17.0 Å². The van der Waals surface area contributed by atoms with Crippen molar-refractivity contribution in [3.63, 3.8) is 0 Å². The second-order valence-corrected chi connectivity index (χ2v) is 8.22. The van der Waals surface area contributed by atoms with Crippen LogP contribution < -0.4 is 5.32 Å². The molecule has 0 aliphatic rings. The van der Waals surface area contributed by atoms with Crippen LogP contribution in [-0.4, -0.2) is 25.5 Å². The smallest absolute Gasteiger partial charge is 0.265 e. The summed E-state index contributed by atoms with van der Waals surface area (Å²) in [5, 5.41) is 14.0. The molecule has 6 nitrogen and oxygen atoms in total. The third-order valence-corrected chi connectivity index (χ3v) is 6.21. The summed E-state index contributed by atoms with van der Waals surface area (Å²) in [7, 11) is 0. The van der Waals surface area contributed by atoms with Crippen LogP contribution in [0.2, 0.25) is 5.02 Å². The van der Waals surface area contributed by atoms with Gasteiger partial charge in [-0.3, -0.25) is 14.2 Å². The number of nitrogens with zero attached hydrogens (tertiary/aromatic N) is 4. The fraction of sp³-hybridized carbons (Fsp3) is 0.190. The third-order valence-electron chi connectivity index (χ3n) is 4.68. The first kappa shape index (κ1) is 20.3. The first-order chi connectivity index (χ1) is 14.4. The Kier molecular flexibility index (Phi) is 5.69. The molecule has 0 aliphatic carbocycles. The van der Waals surface area contributed by atoms with Gasteiger partial charge < -0.3 is 5.32 Å². The maximum Gasteiger partial charge on any atom is 0.265 e. The van der Waals surface area contributed by atoms with Crippen molar-refractivity contribution in [2.24, 2.45) is 0 Å². The molecule has 0 fully saturated rings. The number of hydrogen-bond acceptors (Lipinski definition) is 4. The molecule has 0 saturated heterocycles. The highest BCUT2D eigenvalue weighted by Crippen LogP contribution is 2.22. The van der Waals surface area contributed by atoms with Gasteiger partial charge in [0.1, 0.15) is 5.82 Å². The summed E-state index contributed by atoms with van der Waals surface area (Å²) in [4.78, 5) is 13.2. The van der Waals surface area contributed by atoms with E-state index in [1.807, 2.05) is 30.0 Å². The zero-order chi connectivity index (χ0) is 21.3. The van der Waals surface area contributed by atoms with Gasteiger partial charge >= 0.3 is 0 Å². The summed E-state index contributed by atoms with van der Waals surface area (Å²) >= 11 is 7.56. The first-order valence-corrected chi connectivity index (χ1v) is 10.5. The summed E-state index contributed by atoms with van der Waals surface area (Å²) < 4.78 is 17.2. The van der Waals surface area contributed by atoms with Crippen molar-refractivity contribution in [1.29, 1.82) is 0 Å². The highest BCUT2D eigenvalue weighted by atomic mass is 35.5. The largest absolute Gasteiger partial charge is 0.319 e. The molecule has 0 bridgehead atoms. The van der Waals surface area contributed by atoms with Crippen molar-refractivity contribution < 1.29 is 9.18 Å². The van der Waals surface area contributed by atoms with Crippen molar-refractivity contribution in [3.05, 3.63) is 86.3 Å². The zero-order valence-electron chi connectivity index (χ0n) is 16.4. The quantitative estimate of drug-likeness (QED) is 0.461. The maximum absolute atomic E-state index is 13.8. The van der Waals surface area contributed by atoms with Crippen molar-refractivity contribution in [2.75, 3.05) is 5.32 Å². The fourth-order valence-corrected chi connectivity index (χ4v) is 4.02. The van der Waals surface area contributed by atoms with Crippen LogP contribution in [0.25, 0.3) is 0 Å². The molecule has 0 unspecified atom stereocenters. The lowest BCUT2D eigenvalue weighted by Gasteiger charge is -2.03. The van der Waals surface area contributed by atoms with Gasteiger partial charge in [0.25, 0.3) is 5.91 Å². The van der Waals surface area contributed by atoms with E-state index in [-0.39, 0.29) is 18.3 Å². The Hall–Kier alpha value is -2.97. The Balaban J connectivity index is 1.41. The predicted octanol–water partition coefficient (Wildman–Crippen LogP) is 4.90. The Labute approximate surface area is 181 Å². The Bertz CT molecular complexity index is 1210. The van der Waals surface area contributed by atoms with E-state index in [1.54, 1.807) is 35.3 Å². The van der Waals surface area contributed by atoms with E-state index in [9.17, 15) is 9.18 Å². The molecule has 0 atom stereocenters. The van der Waals surface area contributed by atoms with E-state index < -0.39 is 0 Å². The third kappa shape index (κ3) is 4.29. The van der Waals surface area contributed by atoms with Gasteiger partial charge in [0.2, 0.25) is 0 Å². The highest BCUT2D eigenvalue weighted by molar-refractivity contribution is 7.12. The molecule has 3 heterocycles. The van der Waals surface area contributed by atoms with Gasteiger partial charge in [-0.15, -0.1) is 11.3 Å². The molecular formula is C21H19ClFN5OS. The van der Waals surface area contributed by atoms with E-state index in [1.165, 1.54) is 17.4 Å². The summed E-state index contributed by atoms with van der Waals surface area (Å²) in [5.74, 6) is -0.503. The summed E-state index contributed by atoms with van der Waals surface area (Å²) in [6, 6.07) is 8.38. The SMILES string of the molecule is Cc1nn(Cc2csc(C(=O)Nc3cnn(Cc4ccccc4F)c3)c2)c(C)c1Cl. The molecule has 154 valence electrons. The number of nitrogens with one attached hydrogen (secondary N) is 1. The molecule has 0 aliphatic heterocycles. The first-order valence-electron chi connectivity index (χ1n) is 9.25. The van der Waals surface area contributed by atoms with E-state index in [0.29, 0.717) is 27.7 Å². The molecule has 3 aromatic heterocycles. The molecule has 1 N–H and O–H groups in total. The number of anilines is 1. The molecule has 30 heavy (non-hydrogen) atoms. The lowest BCUT2D eigenvalue weighted by atomic mass is 10.2. The monoisotopic (exact) mass is 443 g/mol. The Morgan fingerprint density at radius 3 is 2.80 bits per heavy atom. The molecule has 0 radical (unpaired) electrons. The molecule has 4 rings (SSSR count). The normalized spacial score (nSPS) is 11.1. The van der Waals surface area contributed by atoms with E-state index in [4.69, 9.17) is 11.6 Å². The molecular weight excluding hydrogens is 425 g/mol. The Morgan fingerprint density at radius 1 is 1.27 bits per heavy atom. The number of amides is 1. The molecule has 1 amide bonds. The fourth-order valence-electron chi connectivity index (χ4n) is 3.09.